The molecule has 0 bridgehead atoms. The van der Waals surface area contributed by atoms with Crippen LogP contribution in [-0.4, -0.2) is 26.1 Å². The van der Waals surface area contributed by atoms with E-state index in [-0.39, 0.29) is 12.4 Å². The lowest BCUT2D eigenvalue weighted by Gasteiger charge is -2.10. The van der Waals surface area contributed by atoms with Gasteiger partial charge in [-0.25, -0.2) is 4.39 Å². The van der Waals surface area contributed by atoms with E-state index in [1.807, 2.05) is 6.92 Å². The van der Waals surface area contributed by atoms with E-state index in [0.29, 0.717) is 12.1 Å². The van der Waals surface area contributed by atoms with Crippen molar-refractivity contribution in [3.05, 3.63) is 29.6 Å². The van der Waals surface area contributed by atoms with Crippen molar-refractivity contribution >= 4 is 0 Å². The number of rotatable bonds is 8. The van der Waals surface area contributed by atoms with E-state index in [1.165, 1.54) is 6.07 Å². The van der Waals surface area contributed by atoms with Gasteiger partial charge in [-0.05, 0) is 30.7 Å². The van der Waals surface area contributed by atoms with E-state index < -0.39 is 18.8 Å². The molecule has 0 aliphatic heterocycles. The molecule has 0 aromatic heterocycles. The summed E-state index contributed by atoms with van der Waals surface area (Å²) in [6.07, 6.45) is -3.73. The smallest absolute Gasteiger partial charge is 0.491 e. The minimum absolute atomic E-state index is 0.184. The van der Waals surface area contributed by atoms with Crippen molar-refractivity contribution in [2.45, 2.75) is 26.3 Å². The number of ether oxygens (including phenoxy) is 2. The van der Waals surface area contributed by atoms with Crippen LogP contribution in [0.25, 0.3) is 0 Å². The summed E-state index contributed by atoms with van der Waals surface area (Å²) in [6, 6.07) is 4.05. The van der Waals surface area contributed by atoms with Gasteiger partial charge >= 0.3 is 6.36 Å². The van der Waals surface area contributed by atoms with E-state index in [2.05, 4.69) is 10.1 Å². The van der Waals surface area contributed by atoms with Crippen LogP contribution < -0.4 is 10.1 Å². The molecule has 0 heterocycles. The molecule has 0 atom stereocenters. The predicted molar refractivity (Wildman–Crippen MR) is 65.9 cm³/mol. The highest BCUT2D eigenvalue weighted by Gasteiger charge is 2.28. The molecule has 0 aliphatic rings. The summed E-state index contributed by atoms with van der Waals surface area (Å²) in [6.45, 7) is 2.34. The normalized spacial score (nSPS) is 11.7. The van der Waals surface area contributed by atoms with Crippen molar-refractivity contribution in [2.75, 3.05) is 19.8 Å². The van der Waals surface area contributed by atoms with Gasteiger partial charge < -0.3 is 10.1 Å². The topological polar surface area (TPSA) is 30.5 Å². The molecule has 1 aromatic rings. The van der Waals surface area contributed by atoms with Crippen molar-refractivity contribution in [1.82, 2.24) is 5.32 Å². The van der Waals surface area contributed by atoms with Crippen molar-refractivity contribution in [3.8, 4) is 5.75 Å². The monoisotopic (exact) mass is 295 g/mol. The molecule has 0 radical (unpaired) electrons. The summed E-state index contributed by atoms with van der Waals surface area (Å²) in [5.41, 5.74) is 0.671. The molecule has 0 aliphatic carbocycles. The second-order valence-electron chi connectivity index (χ2n) is 4.11. The average Bonchev–Trinajstić information content (AvgIpc) is 2.33. The van der Waals surface area contributed by atoms with Crippen LogP contribution in [0.2, 0.25) is 0 Å². The first-order valence-electron chi connectivity index (χ1n) is 6.24. The standard InChI is InChI=1S/C13H17F4NO2/c1-2-3-18-9-10-6-11(14)8-12(7-10)19-4-5-20-13(15,16)17/h6-8,18H,2-5,9H2,1H3. The van der Waals surface area contributed by atoms with Crippen molar-refractivity contribution in [2.24, 2.45) is 0 Å². The Morgan fingerprint density at radius 1 is 1.15 bits per heavy atom. The predicted octanol–water partition coefficient (Wildman–Crippen LogP) is 3.24. The molecule has 3 nitrogen and oxygen atoms in total. The fourth-order valence-corrected chi connectivity index (χ4v) is 1.53. The number of hydrogen-bond acceptors (Lipinski definition) is 3. The highest BCUT2D eigenvalue weighted by atomic mass is 19.4. The van der Waals surface area contributed by atoms with Crippen LogP contribution in [0.3, 0.4) is 0 Å². The third kappa shape index (κ3) is 7.30. The Morgan fingerprint density at radius 3 is 2.55 bits per heavy atom. The molecule has 7 heteroatoms. The van der Waals surface area contributed by atoms with Crippen LogP contribution in [0.15, 0.2) is 18.2 Å². The van der Waals surface area contributed by atoms with E-state index in [4.69, 9.17) is 4.74 Å². The highest BCUT2D eigenvalue weighted by molar-refractivity contribution is 5.29. The van der Waals surface area contributed by atoms with Crippen molar-refractivity contribution in [1.29, 1.82) is 0 Å². The Bertz CT molecular complexity index is 410. The Kier molecular flexibility index (Phi) is 6.74. The molecule has 1 rings (SSSR count). The summed E-state index contributed by atoms with van der Waals surface area (Å²) < 4.78 is 57.1. The molecule has 0 unspecified atom stereocenters. The zero-order chi connectivity index (χ0) is 15.0. The Labute approximate surface area is 114 Å². The van der Waals surface area contributed by atoms with Gasteiger partial charge in [0.05, 0.1) is 6.61 Å². The molecule has 0 spiro atoms. The second-order valence-corrected chi connectivity index (χ2v) is 4.11. The SMILES string of the molecule is CCCNCc1cc(F)cc(OCCOC(F)(F)F)c1. The maximum absolute atomic E-state index is 13.3. The maximum Gasteiger partial charge on any atom is 0.522 e. The Balaban J connectivity index is 2.44. The molecular formula is C13H17F4NO2. The second kappa shape index (κ2) is 8.06. The van der Waals surface area contributed by atoms with Gasteiger partial charge in [-0.15, -0.1) is 13.2 Å². The number of nitrogens with one attached hydrogen (secondary N) is 1. The lowest BCUT2D eigenvalue weighted by atomic mass is 10.2. The minimum Gasteiger partial charge on any atom is -0.491 e. The first kappa shape index (κ1) is 16.7. The van der Waals surface area contributed by atoms with E-state index in [9.17, 15) is 17.6 Å². The van der Waals surface area contributed by atoms with Crippen LogP contribution in [0, 0.1) is 5.82 Å². The maximum atomic E-state index is 13.3. The molecule has 0 amide bonds. The van der Waals surface area contributed by atoms with Gasteiger partial charge in [0, 0.05) is 12.6 Å². The molecule has 0 fully saturated rings. The largest absolute Gasteiger partial charge is 0.522 e. The van der Waals surface area contributed by atoms with Crippen molar-refractivity contribution < 1.29 is 27.0 Å². The summed E-state index contributed by atoms with van der Waals surface area (Å²) in [5, 5.41) is 3.10. The number of alkyl halides is 3. The van der Waals surface area contributed by atoms with Crippen LogP contribution >= 0.6 is 0 Å². The third-order valence-electron chi connectivity index (χ3n) is 2.30. The molecule has 1 N–H and O–H groups in total. The molecule has 0 saturated carbocycles. The van der Waals surface area contributed by atoms with E-state index in [1.54, 1.807) is 6.07 Å². The molecule has 20 heavy (non-hydrogen) atoms. The van der Waals surface area contributed by atoms with Gasteiger partial charge in [-0.3, -0.25) is 4.74 Å². The Morgan fingerprint density at radius 2 is 1.90 bits per heavy atom. The summed E-state index contributed by atoms with van der Waals surface area (Å²) in [5.74, 6) is -0.309. The van der Waals surface area contributed by atoms with Crippen LogP contribution in [0.1, 0.15) is 18.9 Å². The van der Waals surface area contributed by atoms with Crippen LogP contribution in [0.4, 0.5) is 17.6 Å². The van der Waals surface area contributed by atoms with Gasteiger partial charge in [0.15, 0.2) is 0 Å². The van der Waals surface area contributed by atoms with Crippen LogP contribution in [-0.2, 0) is 11.3 Å². The fraction of sp³-hybridized carbons (Fsp3) is 0.538. The van der Waals surface area contributed by atoms with Crippen LogP contribution in [0.5, 0.6) is 5.75 Å². The van der Waals surface area contributed by atoms with Gasteiger partial charge in [0.1, 0.15) is 18.2 Å². The van der Waals surface area contributed by atoms with Gasteiger partial charge in [-0.2, -0.15) is 0 Å². The summed E-state index contributed by atoms with van der Waals surface area (Å²) in [7, 11) is 0. The lowest BCUT2D eigenvalue weighted by molar-refractivity contribution is -0.325. The van der Waals surface area contributed by atoms with Crippen molar-refractivity contribution in [3.63, 3.8) is 0 Å². The molecule has 114 valence electrons. The lowest BCUT2D eigenvalue weighted by Crippen LogP contribution is -2.18. The fourth-order valence-electron chi connectivity index (χ4n) is 1.53. The molecule has 1 aromatic carbocycles. The van der Waals surface area contributed by atoms with Gasteiger partial charge in [-0.1, -0.05) is 6.92 Å². The first-order valence-corrected chi connectivity index (χ1v) is 6.24. The van der Waals surface area contributed by atoms with Gasteiger partial charge in [0.2, 0.25) is 0 Å². The summed E-state index contributed by atoms with van der Waals surface area (Å²) in [4.78, 5) is 0. The van der Waals surface area contributed by atoms with E-state index in [0.717, 1.165) is 19.0 Å². The quantitative estimate of drug-likeness (QED) is 0.590. The molecule has 0 saturated heterocycles. The first-order chi connectivity index (χ1) is 9.40. The minimum atomic E-state index is -4.68. The van der Waals surface area contributed by atoms with E-state index >= 15 is 0 Å². The number of hydrogen-bond donors (Lipinski definition) is 1. The zero-order valence-electron chi connectivity index (χ0n) is 11.1. The zero-order valence-corrected chi connectivity index (χ0v) is 11.1. The third-order valence-corrected chi connectivity index (χ3v) is 2.30. The average molecular weight is 295 g/mol. The Hall–Kier alpha value is -1.34. The highest BCUT2D eigenvalue weighted by Crippen LogP contribution is 2.18. The number of benzene rings is 1. The molecular weight excluding hydrogens is 278 g/mol. The number of halogens is 4. The van der Waals surface area contributed by atoms with Gasteiger partial charge in [0.25, 0.3) is 0 Å². The summed E-state index contributed by atoms with van der Waals surface area (Å²) >= 11 is 0.